The molecule has 0 spiro atoms. The summed E-state index contributed by atoms with van der Waals surface area (Å²) in [6.45, 7) is 4.73. The third kappa shape index (κ3) is 7.65. The molecule has 4 amide bonds. The molecule has 2 aliphatic rings. The van der Waals surface area contributed by atoms with Crippen LogP contribution in [0.3, 0.4) is 0 Å². The number of nitrogens with one attached hydrogen (secondary N) is 4. The zero-order valence-corrected chi connectivity index (χ0v) is 25.1. The number of fused-ring (bicyclic) bond motifs is 4. The first-order chi connectivity index (χ1) is 20.8. The molecule has 1 saturated heterocycles. The Labute approximate surface area is 254 Å². The fourth-order valence-electron chi connectivity index (χ4n) is 5.22. The van der Waals surface area contributed by atoms with Crippen molar-refractivity contribution in [2.75, 3.05) is 26.2 Å². The van der Waals surface area contributed by atoms with E-state index < -0.39 is 23.9 Å². The summed E-state index contributed by atoms with van der Waals surface area (Å²) >= 11 is 1.28. The Bertz CT molecular complexity index is 1430. The maximum absolute atomic E-state index is 13.4. The monoisotopic (exact) mass is 607 g/mol. The summed E-state index contributed by atoms with van der Waals surface area (Å²) < 4.78 is 5.69. The van der Waals surface area contributed by atoms with E-state index in [1.54, 1.807) is 5.38 Å². The molecule has 12 nitrogen and oxygen atoms in total. The third-order valence-corrected chi connectivity index (χ3v) is 8.49. The number of nitrogens with zero attached hydrogens (tertiary/aromatic N) is 3. The predicted molar refractivity (Wildman–Crippen MR) is 159 cm³/mol. The highest BCUT2D eigenvalue weighted by molar-refractivity contribution is 7.09. The van der Waals surface area contributed by atoms with Crippen LogP contribution >= 0.6 is 11.3 Å². The van der Waals surface area contributed by atoms with Gasteiger partial charge in [0.2, 0.25) is 17.7 Å². The summed E-state index contributed by atoms with van der Waals surface area (Å²) in [7, 11) is 0. The molecule has 4 bridgehead atoms. The minimum atomic E-state index is -0.669. The normalized spacial score (nSPS) is 22.3. The van der Waals surface area contributed by atoms with Crippen molar-refractivity contribution in [1.82, 2.24) is 36.1 Å². The lowest BCUT2D eigenvalue weighted by molar-refractivity contribution is -0.138. The smallest absolute Gasteiger partial charge is 0.273 e. The number of carbonyl (C=O) groups is 4. The number of thiazole rings is 1. The van der Waals surface area contributed by atoms with Crippen molar-refractivity contribution >= 4 is 35.0 Å². The first-order valence-electron chi connectivity index (χ1n) is 14.6. The lowest BCUT2D eigenvalue weighted by Gasteiger charge is -2.30. The average molecular weight is 608 g/mol. The lowest BCUT2D eigenvalue weighted by Crippen LogP contribution is -2.53. The highest BCUT2D eigenvalue weighted by atomic mass is 32.1. The quantitative estimate of drug-likeness (QED) is 0.352. The van der Waals surface area contributed by atoms with Crippen LogP contribution in [0.5, 0.6) is 0 Å². The Morgan fingerprint density at radius 2 is 1.86 bits per heavy atom. The second-order valence-corrected chi connectivity index (χ2v) is 12.1. The maximum atomic E-state index is 13.4. The minimum absolute atomic E-state index is 0.0309. The van der Waals surface area contributed by atoms with Crippen LogP contribution in [0, 0.1) is 5.92 Å². The van der Waals surface area contributed by atoms with E-state index in [2.05, 4.69) is 31.2 Å². The molecule has 0 aliphatic carbocycles. The lowest BCUT2D eigenvalue weighted by atomic mass is 10.0. The van der Waals surface area contributed by atoms with Gasteiger partial charge in [-0.3, -0.25) is 19.2 Å². The van der Waals surface area contributed by atoms with Crippen molar-refractivity contribution in [3.8, 4) is 0 Å². The van der Waals surface area contributed by atoms with Gasteiger partial charge in [0.1, 0.15) is 23.0 Å². The van der Waals surface area contributed by atoms with Gasteiger partial charge in [-0.1, -0.05) is 50.6 Å². The molecule has 228 valence electrons. The Balaban J connectivity index is 1.44. The van der Waals surface area contributed by atoms with Crippen molar-refractivity contribution in [3.05, 3.63) is 69.8 Å². The number of carbonyl (C=O) groups excluding carboxylic acids is 4. The summed E-state index contributed by atoms with van der Waals surface area (Å²) in [6, 6.07) is 8.06. The van der Waals surface area contributed by atoms with E-state index in [1.165, 1.54) is 22.5 Å². The molecular weight excluding hydrogens is 570 g/mol. The number of aromatic nitrogens is 2. The molecule has 2 aromatic heterocycles. The standard InChI is InChI=1S/C30H37N7O5S/c1-18(2)25-29-35-23(17-43-29)27(40)33-21(14-19-8-4-3-5-9-19)28-34-22(16-42-28)26(39)32-12-13-37(15-24(38)36-25)30(41)20-10-6-7-11-31-20/h3-5,8-9,16-18,20-21,25,31H,6-7,10-15H2,1-2H3,(H,32,39)(H,33,40)(H,36,38)/t20-,21-,25-/m0/s1. The van der Waals surface area contributed by atoms with Crippen LogP contribution in [-0.2, 0) is 16.0 Å². The van der Waals surface area contributed by atoms with E-state index in [-0.39, 0.29) is 60.7 Å². The number of hydrogen-bond donors (Lipinski definition) is 4. The molecule has 13 heteroatoms. The van der Waals surface area contributed by atoms with Crippen LogP contribution in [-0.4, -0.2) is 70.7 Å². The van der Waals surface area contributed by atoms with Gasteiger partial charge in [-0.05, 0) is 30.9 Å². The van der Waals surface area contributed by atoms with Gasteiger partial charge >= 0.3 is 0 Å². The molecule has 3 aromatic rings. The molecule has 5 rings (SSSR count). The molecule has 43 heavy (non-hydrogen) atoms. The van der Waals surface area contributed by atoms with E-state index in [0.29, 0.717) is 17.8 Å². The number of piperidine rings is 1. The Morgan fingerprint density at radius 3 is 2.60 bits per heavy atom. The topological polar surface area (TPSA) is 159 Å². The summed E-state index contributed by atoms with van der Waals surface area (Å²) in [5.74, 6) is -1.29. The summed E-state index contributed by atoms with van der Waals surface area (Å²) in [5.41, 5.74) is 1.19. The van der Waals surface area contributed by atoms with Crippen LogP contribution < -0.4 is 21.3 Å². The Kier molecular flexibility index (Phi) is 9.82. The second kappa shape index (κ2) is 13.9. The van der Waals surface area contributed by atoms with Gasteiger partial charge in [-0.2, -0.15) is 0 Å². The van der Waals surface area contributed by atoms with Crippen molar-refractivity contribution in [2.24, 2.45) is 5.92 Å². The zero-order chi connectivity index (χ0) is 30.3. The van der Waals surface area contributed by atoms with Crippen LogP contribution in [0.15, 0.2) is 46.4 Å². The van der Waals surface area contributed by atoms with E-state index in [4.69, 9.17) is 4.42 Å². The largest absolute Gasteiger partial charge is 0.446 e. The molecule has 3 atom stereocenters. The molecule has 0 saturated carbocycles. The van der Waals surface area contributed by atoms with Gasteiger partial charge in [0.05, 0.1) is 18.6 Å². The SMILES string of the molecule is CC(C)[C@@H]1NC(=O)CN(C(=O)[C@@H]2CCCCN2)CCNC(=O)c2coc(n2)[C@H](Cc2ccccc2)NC(=O)c2csc1n2. The van der Waals surface area contributed by atoms with Gasteiger partial charge in [-0.25, -0.2) is 9.97 Å². The third-order valence-electron chi connectivity index (χ3n) is 7.57. The fraction of sp³-hybridized carbons (Fsp3) is 0.467. The molecule has 2 aliphatic heterocycles. The van der Waals surface area contributed by atoms with Gasteiger partial charge in [0.15, 0.2) is 5.69 Å². The molecule has 4 heterocycles. The van der Waals surface area contributed by atoms with Crippen molar-refractivity contribution < 1.29 is 23.6 Å². The summed E-state index contributed by atoms with van der Waals surface area (Å²) in [4.78, 5) is 63.5. The number of hydrogen-bond acceptors (Lipinski definition) is 9. The summed E-state index contributed by atoms with van der Waals surface area (Å²) in [6.07, 6.45) is 4.24. The predicted octanol–water partition coefficient (Wildman–Crippen LogP) is 2.37. The van der Waals surface area contributed by atoms with Crippen molar-refractivity contribution in [2.45, 2.75) is 57.7 Å². The van der Waals surface area contributed by atoms with Crippen LogP contribution in [0.25, 0.3) is 0 Å². The second-order valence-electron chi connectivity index (χ2n) is 11.2. The van der Waals surface area contributed by atoms with Crippen LogP contribution in [0.1, 0.15) is 82.6 Å². The Morgan fingerprint density at radius 1 is 1.05 bits per heavy atom. The van der Waals surface area contributed by atoms with Gasteiger partial charge in [0, 0.05) is 24.9 Å². The molecule has 4 N–H and O–H groups in total. The van der Waals surface area contributed by atoms with Crippen LogP contribution in [0.2, 0.25) is 0 Å². The van der Waals surface area contributed by atoms with Gasteiger partial charge < -0.3 is 30.6 Å². The van der Waals surface area contributed by atoms with Gasteiger partial charge in [-0.15, -0.1) is 11.3 Å². The Hall–Kier alpha value is -4.10. The molecule has 1 fully saturated rings. The maximum Gasteiger partial charge on any atom is 0.273 e. The number of rotatable bonds is 4. The zero-order valence-electron chi connectivity index (χ0n) is 24.3. The number of amides is 4. The first kappa shape index (κ1) is 30.4. The summed E-state index contributed by atoms with van der Waals surface area (Å²) in [5, 5.41) is 14.2. The van der Waals surface area contributed by atoms with E-state index >= 15 is 0 Å². The van der Waals surface area contributed by atoms with Gasteiger partial charge in [0.25, 0.3) is 11.8 Å². The average Bonchev–Trinajstić information content (AvgIpc) is 3.70. The number of oxazole rings is 1. The van der Waals surface area contributed by atoms with E-state index in [0.717, 1.165) is 24.9 Å². The molecule has 1 aromatic carbocycles. The highest BCUT2D eigenvalue weighted by Crippen LogP contribution is 2.26. The van der Waals surface area contributed by atoms with E-state index in [1.807, 2.05) is 44.2 Å². The van der Waals surface area contributed by atoms with E-state index in [9.17, 15) is 19.2 Å². The fourth-order valence-corrected chi connectivity index (χ4v) is 6.24. The minimum Gasteiger partial charge on any atom is -0.446 e. The van der Waals surface area contributed by atoms with Crippen molar-refractivity contribution in [3.63, 3.8) is 0 Å². The first-order valence-corrected chi connectivity index (χ1v) is 15.5. The highest BCUT2D eigenvalue weighted by Gasteiger charge is 2.30. The molecular formula is C30H37N7O5S. The van der Waals surface area contributed by atoms with Crippen LogP contribution in [0.4, 0.5) is 0 Å². The van der Waals surface area contributed by atoms with Crippen molar-refractivity contribution in [1.29, 1.82) is 0 Å². The molecule has 0 radical (unpaired) electrons. The number of benzene rings is 1. The molecule has 0 unspecified atom stereocenters.